The van der Waals surface area contributed by atoms with Gasteiger partial charge >= 0.3 is 0 Å². The maximum Gasteiger partial charge on any atom is 0.219 e. The molecule has 1 aliphatic heterocycles. The summed E-state index contributed by atoms with van der Waals surface area (Å²) in [5.41, 5.74) is 0. The molecule has 0 aromatic carbocycles. The fraction of sp³-hybridized carbons (Fsp3) is 0.923. The average Bonchev–Trinajstić information content (AvgIpc) is 2.26. The maximum atomic E-state index is 11.3. The average molecular weight is 226 g/mol. The third kappa shape index (κ3) is 4.97. The van der Waals surface area contributed by atoms with Crippen LogP contribution in [-0.2, 0) is 4.79 Å². The monoisotopic (exact) mass is 226 g/mol. The summed E-state index contributed by atoms with van der Waals surface area (Å²) in [7, 11) is 0. The van der Waals surface area contributed by atoms with Gasteiger partial charge in [-0.1, -0.05) is 20.8 Å². The van der Waals surface area contributed by atoms with Crippen LogP contribution in [0.3, 0.4) is 0 Å². The standard InChI is InChI=1S/C13H26N2O/c1-4-13(16)14-12-6-5-8-15(10-12)9-7-11(2)3/h11-12H,4-10H2,1-3H3,(H,14,16). The fourth-order valence-corrected chi connectivity index (χ4v) is 2.15. The van der Waals surface area contributed by atoms with Gasteiger partial charge in [0.15, 0.2) is 0 Å². The molecule has 1 saturated heterocycles. The van der Waals surface area contributed by atoms with Gasteiger partial charge < -0.3 is 10.2 Å². The van der Waals surface area contributed by atoms with E-state index in [-0.39, 0.29) is 5.91 Å². The van der Waals surface area contributed by atoms with Crippen molar-refractivity contribution in [1.29, 1.82) is 0 Å². The highest BCUT2D eigenvalue weighted by Gasteiger charge is 2.20. The molecule has 0 aromatic heterocycles. The summed E-state index contributed by atoms with van der Waals surface area (Å²) >= 11 is 0. The van der Waals surface area contributed by atoms with Crippen LogP contribution in [0.4, 0.5) is 0 Å². The molecule has 3 heteroatoms. The maximum absolute atomic E-state index is 11.3. The molecule has 1 amide bonds. The Balaban J connectivity index is 2.26. The summed E-state index contributed by atoms with van der Waals surface area (Å²) < 4.78 is 0. The number of nitrogens with zero attached hydrogens (tertiary/aromatic N) is 1. The first kappa shape index (κ1) is 13.5. The molecule has 0 aliphatic carbocycles. The summed E-state index contributed by atoms with van der Waals surface area (Å²) in [6, 6.07) is 0.383. The second kappa shape index (κ2) is 6.89. The van der Waals surface area contributed by atoms with E-state index >= 15 is 0 Å². The van der Waals surface area contributed by atoms with Crippen molar-refractivity contribution in [2.45, 2.75) is 52.5 Å². The lowest BCUT2D eigenvalue weighted by atomic mass is 10.0. The summed E-state index contributed by atoms with van der Waals surface area (Å²) in [6.07, 6.45) is 4.22. The Morgan fingerprint density at radius 3 is 2.88 bits per heavy atom. The topological polar surface area (TPSA) is 32.3 Å². The molecular weight excluding hydrogens is 200 g/mol. The lowest BCUT2D eigenvalue weighted by Crippen LogP contribution is -2.47. The number of carbonyl (C=O) groups excluding carboxylic acids is 1. The third-order valence-corrected chi connectivity index (χ3v) is 3.21. The number of hydrogen-bond donors (Lipinski definition) is 1. The minimum Gasteiger partial charge on any atom is -0.352 e. The third-order valence-electron chi connectivity index (χ3n) is 3.21. The van der Waals surface area contributed by atoms with Crippen LogP contribution in [0.15, 0.2) is 0 Å². The first-order chi connectivity index (χ1) is 7.61. The quantitative estimate of drug-likeness (QED) is 0.778. The summed E-state index contributed by atoms with van der Waals surface area (Å²) in [5, 5.41) is 3.11. The molecule has 16 heavy (non-hydrogen) atoms. The van der Waals surface area contributed by atoms with Crippen LogP contribution < -0.4 is 5.32 Å². The lowest BCUT2D eigenvalue weighted by molar-refractivity contribution is -0.121. The minimum atomic E-state index is 0.190. The van der Waals surface area contributed by atoms with Crippen LogP contribution in [0.25, 0.3) is 0 Å². The number of carbonyl (C=O) groups is 1. The molecule has 0 radical (unpaired) electrons. The van der Waals surface area contributed by atoms with Crippen molar-refractivity contribution < 1.29 is 4.79 Å². The van der Waals surface area contributed by atoms with Gasteiger partial charge in [0.2, 0.25) is 5.91 Å². The minimum absolute atomic E-state index is 0.190. The molecule has 1 fully saturated rings. The first-order valence-corrected chi connectivity index (χ1v) is 6.63. The molecule has 1 rings (SSSR count). The van der Waals surface area contributed by atoms with Gasteiger partial charge in [0.05, 0.1) is 0 Å². The number of likely N-dealkylation sites (tertiary alicyclic amines) is 1. The number of rotatable bonds is 5. The molecule has 0 aromatic rings. The molecule has 1 N–H and O–H groups in total. The molecule has 0 saturated carbocycles. The number of amides is 1. The van der Waals surface area contributed by atoms with Gasteiger partial charge in [0.25, 0.3) is 0 Å². The van der Waals surface area contributed by atoms with E-state index in [1.165, 1.54) is 25.9 Å². The van der Waals surface area contributed by atoms with E-state index in [1.807, 2.05) is 6.92 Å². The smallest absolute Gasteiger partial charge is 0.219 e. The second-order valence-corrected chi connectivity index (χ2v) is 5.24. The predicted octanol–water partition coefficient (Wildman–Crippen LogP) is 2.02. The van der Waals surface area contributed by atoms with Crippen molar-refractivity contribution in [1.82, 2.24) is 10.2 Å². The molecule has 94 valence electrons. The van der Waals surface area contributed by atoms with E-state index in [2.05, 4.69) is 24.1 Å². The first-order valence-electron chi connectivity index (χ1n) is 6.63. The van der Waals surface area contributed by atoms with Crippen molar-refractivity contribution >= 4 is 5.91 Å². The molecule has 0 bridgehead atoms. The van der Waals surface area contributed by atoms with Crippen LogP contribution >= 0.6 is 0 Å². The highest BCUT2D eigenvalue weighted by atomic mass is 16.1. The van der Waals surface area contributed by atoms with E-state index in [4.69, 9.17) is 0 Å². The van der Waals surface area contributed by atoms with Crippen LogP contribution in [0.5, 0.6) is 0 Å². The van der Waals surface area contributed by atoms with Crippen molar-refractivity contribution in [3.63, 3.8) is 0 Å². The Labute approximate surface area is 99.6 Å². The van der Waals surface area contributed by atoms with Crippen LogP contribution in [0.1, 0.15) is 46.5 Å². The highest BCUT2D eigenvalue weighted by molar-refractivity contribution is 5.75. The SMILES string of the molecule is CCC(=O)NC1CCCN(CCC(C)C)C1. The Bertz CT molecular complexity index is 216. The normalized spacial score (nSPS) is 22.4. The van der Waals surface area contributed by atoms with Gasteiger partial charge in [-0.3, -0.25) is 4.79 Å². The Hall–Kier alpha value is -0.570. The van der Waals surface area contributed by atoms with Gasteiger partial charge in [-0.15, -0.1) is 0 Å². The van der Waals surface area contributed by atoms with Crippen molar-refractivity contribution in [2.24, 2.45) is 5.92 Å². The Morgan fingerprint density at radius 2 is 2.25 bits per heavy atom. The van der Waals surface area contributed by atoms with E-state index in [0.717, 1.165) is 18.9 Å². The van der Waals surface area contributed by atoms with Gasteiger partial charge in [-0.05, 0) is 38.3 Å². The van der Waals surface area contributed by atoms with E-state index in [1.54, 1.807) is 0 Å². The van der Waals surface area contributed by atoms with E-state index < -0.39 is 0 Å². The van der Waals surface area contributed by atoms with Gasteiger partial charge in [-0.25, -0.2) is 0 Å². The molecular formula is C13H26N2O. The van der Waals surface area contributed by atoms with Crippen molar-refractivity contribution in [3.8, 4) is 0 Å². The molecule has 3 nitrogen and oxygen atoms in total. The molecule has 1 aliphatic rings. The number of hydrogen-bond acceptors (Lipinski definition) is 2. The Morgan fingerprint density at radius 1 is 1.50 bits per heavy atom. The van der Waals surface area contributed by atoms with Crippen LogP contribution in [0.2, 0.25) is 0 Å². The van der Waals surface area contributed by atoms with E-state index in [0.29, 0.717) is 12.5 Å². The van der Waals surface area contributed by atoms with E-state index in [9.17, 15) is 4.79 Å². The zero-order chi connectivity index (χ0) is 12.0. The lowest BCUT2D eigenvalue weighted by Gasteiger charge is -2.33. The van der Waals surface area contributed by atoms with Crippen molar-refractivity contribution in [3.05, 3.63) is 0 Å². The zero-order valence-electron chi connectivity index (χ0n) is 11.0. The summed E-state index contributed by atoms with van der Waals surface area (Å²) in [4.78, 5) is 13.8. The molecule has 0 spiro atoms. The Kier molecular flexibility index (Phi) is 5.81. The highest BCUT2D eigenvalue weighted by Crippen LogP contribution is 2.12. The molecule has 1 unspecified atom stereocenters. The van der Waals surface area contributed by atoms with Crippen LogP contribution in [0, 0.1) is 5.92 Å². The van der Waals surface area contributed by atoms with Gasteiger partial charge in [-0.2, -0.15) is 0 Å². The predicted molar refractivity (Wildman–Crippen MR) is 67.4 cm³/mol. The zero-order valence-corrected chi connectivity index (χ0v) is 11.0. The number of piperidine rings is 1. The molecule has 1 atom stereocenters. The second-order valence-electron chi connectivity index (χ2n) is 5.24. The van der Waals surface area contributed by atoms with Gasteiger partial charge in [0.1, 0.15) is 0 Å². The van der Waals surface area contributed by atoms with Crippen molar-refractivity contribution in [2.75, 3.05) is 19.6 Å². The van der Waals surface area contributed by atoms with Gasteiger partial charge in [0, 0.05) is 19.0 Å². The summed E-state index contributed by atoms with van der Waals surface area (Å²) in [5.74, 6) is 0.960. The van der Waals surface area contributed by atoms with Crippen LogP contribution in [-0.4, -0.2) is 36.5 Å². The summed E-state index contributed by atoms with van der Waals surface area (Å²) in [6.45, 7) is 9.86. The molecule has 1 heterocycles. The largest absolute Gasteiger partial charge is 0.352 e. The fourth-order valence-electron chi connectivity index (χ4n) is 2.15. The number of nitrogens with one attached hydrogen (secondary N) is 1.